The molecule has 0 aliphatic carbocycles. The Morgan fingerprint density at radius 1 is 1.23 bits per heavy atom. The number of carbonyl (C=O) groups is 3. The van der Waals surface area contributed by atoms with E-state index < -0.39 is 0 Å². The van der Waals surface area contributed by atoms with E-state index in [-0.39, 0.29) is 37.4 Å². The summed E-state index contributed by atoms with van der Waals surface area (Å²) in [5.74, 6) is 0.194. The number of carbonyl (C=O) groups excluding carboxylic acids is 3. The van der Waals surface area contributed by atoms with Gasteiger partial charge in [0.15, 0.2) is 19.0 Å². The van der Waals surface area contributed by atoms with Crippen molar-refractivity contribution in [2.45, 2.75) is 13.8 Å². The van der Waals surface area contributed by atoms with Gasteiger partial charge in [-0.2, -0.15) is 0 Å². The van der Waals surface area contributed by atoms with Gasteiger partial charge in [0.2, 0.25) is 5.91 Å². The number of rotatable bonds is 7. The van der Waals surface area contributed by atoms with Crippen LogP contribution in [0.4, 0.5) is 5.69 Å². The molecule has 8 heteroatoms. The Kier molecular flexibility index (Phi) is 6.62. The van der Waals surface area contributed by atoms with Crippen LogP contribution < -0.4 is 14.4 Å². The number of ether oxygens (including phenoxy) is 2. The maximum atomic E-state index is 12.7. The molecule has 2 amide bonds. The maximum Gasteiger partial charge on any atom is 0.265 e. The zero-order valence-corrected chi connectivity index (χ0v) is 17.9. The van der Waals surface area contributed by atoms with Crippen molar-refractivity contribution in [1.82, 2.24) is 4.90 Å². The molecule has 7 nitrogen and oxygen atoms in total. The van der Waals surface area contributed by atoms with Gasteiger partial charge in [0.05, 0.1) is 5.69 Å². The molecule has 0 spiro atoms. The molecule has 0 fully saturated rings. The Bertz CT molecular complexity index is 991. The number of fused-ring (bicyclic) bond motifs is 1. The predicted octanol–water partition coefficient (Wildman–Crippen LogP) is 3.11. The number of hydrogen-bond acceptors (Lipinski definition) is 5. The fraction of sp³-hybridized carbons (Fsp3) is 0.318. The van der Waals surface area contributed by atoms with Crippen molar-refractivity contribution in [3.8, 4) is 11.5 Å². The first-order valence-corrected chi connectivity index (χ1v) is 9.91. The molecule has 0 N–H and O–H groups in total. The molecule has 1 aliphatic rings. The van der Waals surface area contributed by atoms with Crippen molar-refractivity contribution < 1.29 is 23.9 Å². The molecule has 158 valence electrons. The van der Waals surface area contributed by atoms with Gasteiger partial charge in [-0.1, -0.05) is 11.6 Å². The summed E-state index contributed by atoms with van der Waals surface area (Å²) in [6, 6.07) is 9.96. The van der Waals surface area contributed by atoms with Gasteiger partial charge in [0.1, 0.15) is 18.0 Å². The minimum absolute atomic E-state index is 0.113. The van der Waals surface area contributed by atoms with Crippen LogP contribution >= 0.6 is 11.6 Å². The third kappa shape index (κ3) is 4.74. The third-order valence-electron chi connectivity index (χ3n) is 4.92. The van der Waals surface area contributed by atoms with E-state index in [9.17, 15) is 14.4 Å². The van der Waals surface area contributed by atoms with Gasteiger partial charge in [-0.3, -0.25) is 19.3 Å². The Labute approximate surface area is 180 Å². The monoisotopic (exact) mass is 430 g/mol. The van der Waals surface area contributed by atoms with Crippen molar-refractivity contribution >= 4 is 34.9 Å². The van der Waals surface area contributed by atoms with Gasteiger partial charge in [-0.05, 0) is 55.8 Å². The van der Waals surface area contributed by atoms with Crippen LogP contribution in [-0.2, 0) is 9.59 Å². The van der Waals surface area contributed by atoms with Crippen LogP contribution in [0.15, 0.2) is 36.4 Å². The van der Waals surface area contributed by atoms with E-state index in [1.807, 2.05) is 13.8 Å². The average molecular weight is 431 g/mol. The molecular formula is C22H23ClN2O5. The van der Waals surface area contributed by atoms with Gasteiger partial charge < -0.3 is 14.4 Å². The minimum Gasteiger partial charge on any atom is -0.485 e. The molecule has 0 unspecified atom stereocenters. The van der Waals surface area contributed by atoms with Crippen LogP contribution in [0.25, 0.3) is 0 Å². The van der Waals surface area contributed by atoms with E-state index in [1.165, 1.54) is 9.80 Å². The zero-order valence-electron chi connectivity index (χ0n) is 17.1. The fourth-order valence-corrected chi connectivity index (χ4v) is 3.04. The predicted molar refractivity (Wildman–Crippen MR) is 114 cm³/mol. The summed E-state index contributed by atoms with van der Waals surface area (Å²) in [5.41, 5.74) is 1.61. The number of likely N-dealkylation sites (N-methyl/N-ethyl adjacent to an activating group) is 1. The van der Waals surface area contributed by atoms with E-state index in [1.54, 1.807) is 43.4 Å². The SMILES string of the molecule is CCN(C)C(=O)CN1C(=O)COc2ccc(C(=O)COc3ccc(Cl)c(C)c3)cc21. The van der Waals surface area contributed by atoms with Crippen LogP contribution in [0.5, 0.6) is 11.5 Å². The highest BCUT2D eigenvalue weighted by atomic mass is 35.5. The summed E-state index contributed by atoms with van der Waals surface area (Å²) >= 11 is 6.00. The van der Waals surface area contributed by atoms with Crippen molar-refractivity contribution in [2.24, 2.45) is 0 Å². The van der Waals surface area contributed by atoms with Crippen molar-refractivity contribution in [3.63, 3.8) is 0 Å². The summed E-state index contributed by atoms with van der Waals surface area (Å²) < 4.78 is 11.0. The maximum absolute atomic E-state index is 12.7. The molecule has 0 atom stereocenters. The van der Waals surface area contributed by atoms with Crippen molar-refractivity contribution in [3.05, 3.63) is 52.5 Å². The summed E-state index contributed by atoms with van der Waals surface area (Å²) in [7, 11) is 1.67. The first-order chi connectivity index (χ1) is 14.3. The highest BCUT2D eigenvalue weighted by Crippen LogP contribution is 2.33. The summed E-state index contributed by atoms with van der Waals surface area (Å²) in [6.45, 7) is 3.80. The molecule has 0 bridgehead atoms. The van der Waals surface area contributed by atoms with Crippen molar-refractivity contribution in [1.29, 1.82) is 0 Å². The molecular weight excluding hydrogens is 408 g/mol. The largest absolute Gasteiger partial charge is 0.485 e. The smallest absolute Gasteiger partial charge is 0.265 e. The number of anilines is 1. The molecule has 0 radical (unpaired) electrons. The number of benzene rings is 2. The third-order valence-corrected chi connectivity index (χ3v) is 5.34. The Morgan fingerprint density at radius 3 is 2.70 bits per heavy atom. The highest BCUT2D eigenvalue weighted by Gasteiger charge is 2.29. The highest BCUT2D eigenvalue weighted by molar-refractivity contribution is 6.31. The normalized spacial score (nSPS) is 12.8. The summed E-state index contributed by atoms with van der Waals surface area (Å²) in [4.78, 5) is 40.2. The molecule has 2 aromatic rings. The van der Waals surface area contributed by atoms with E-state index in [2.05, 4.69) is 0 Å². The fourth-order valence-electron chi connectivity index (χ4n) is 2.92. The number of amides is 2. The molecule has 0 aromatic heterocycles. The van der Waals surface area contributed by atoms with Gasteiger partial charge in [-0.15, -0.1) is 0 Å². The van der Waals surface area contributed by atoms with E-state index in [0.29, 0.717) is 34.3 Å². The lowest BCUT2D eigenvalue weighted by molar-refractivity contribution is -0.130. The number of aryl methyl sites for hydroxylation is 1. The van der Waals surface area contributed by atoms with E-state index >= 15 is 0 Å². The molecule has 2 aromatic carbocycles. The second kappa shape index (κ2) is 9.17. The van der Waals surface area contributed by atoms with Crippen molar-refractivity contribution in [2.75, 3.05) is 38.3 Å². The number of hydrogen-bond donors (Lipinski definition) is 0. The van der Waals surface area contributed by atoms with Gasteiger partial charge in [-0.25, -0.2) is 0 Å². The van der Waals surface area contributed by atoms with Crippen LogP contribution in [-0.4, -0.2) is 55.8 Å². The Hall–Kier alpha value is -3.06. The van der Waals surface area contributed by atoms with Gasteiger partial charge >= 0.3 is 0 Å². The first-order valence-electron chi connectivity index (χ1n) is 9.53. The number of halogens is 1. The van der Waals surface area contributed by atoms with E-state index in [4.69, 9.17) is 21.1 Å². The second-order valence-electron chi connectivity index (χ2n) is 6.98. The lowest BCUT2D eigenvalue weighted by Crippen LogP contribution is -2.45. The van der Waals surface area contributed by atoms with Crippen LogP contribution in [0.3, 0.4) is 0 Å². The molecule has 0 saturated carbocycles. The zero-order chi connectivity index (χ0) is 21.8. The Morgan fingerprint density at radius 2 is 2.00 bits per heavy atom. The minimum atomic E-state index is -0.335. The first kappa shape index (κ1) is 21.6. The topological polar surface area (TPSA) is 76.2 Å². The molecule has 3 rings (SSSR count). The number of nitrogens with zero attached hydrogens (tertiary/aromatic N) is 2. The standard InChI is InChI=1S/C22H23ClN2O5/c1-4-24(3)21(27)11-25-18-10-15(5-8-20(18)30-13-22(25)28)19(26)12-29-16-6-7-17(23)14(2)9-16/h5-10H,4,11-13H2,1-3H3. The Balaban J connectivity index is 1.77. The van der Waals surface area contributed by atoms with Crippen LogP contribution in [0.2, 0.25) is 5.02 Å². The van der Waals surface area contributed by atoms with Crippen LogP contribution in [0, 0.1) is 6.92 Å². The van der Waals surface area contributed by atoms with Crippen LogP contribution in [0.1, 0.15) is 22.8 Å². The van der Waals surface area contributed by atoms with Gasteiger partial charge in [0.25, 0.3) is 5.91 Å². The van der Waals surface area contributed by atoms with Gasteiger partial charge in [0, 0.05) is 24.2 Å². The number of ketones is 1. The quantitative estimate of drug-likeness (QED) is 0.631. The lowest BCUT2D eigenvalue weighted by atomic mass is 10.1. The molecule has 0 saturated heterocycles. The average Bonchev–Trinajstić information content (AvgIpc) is 2.75. The second-order valence-corrected chi connectivity index (χ2v) is 7.39. The molecule has 1 aliphatic heterocycles. The number of Topliss-reactive ketones (excluding diaryl/α,β-unsaturated/α-hetero) is 1. The summed E-state index contributed by atoms with van der Waals surface area (Å²) in [5, 5.41) is 0.622. The van der Waals surface area contributed by atoms with E-state index in [0.717, 1.165) is 5.56 Å². The molecule has 30 heavy (non-hydrogen) atoms. The molecule has 1 heterocycles. The lowest BCUT2D eigenvalue weighted by Gasteiger charge is -2.30. The summed E-state index contributed by atoms with van der Waals surface area (Å²) in [6.07, 6.45) is 0.